The number of likely N-dealkylation sites (tertiary alicyclic amines) is 1. The molecule has 1 heterocycles. The minimum atomic E-state index is 0.146. The molecule has 110 valence electrons. The Hall–Kier alpha value is -1.27. The molecule has 0 bridgehead atoms. The largest absolute Gasteiger partial charge is 0.409 e. The maximum atomic E-state index is 8.93. The number of benzene rings is 1. The van der Waals surface area contributed by atoms with Crippen molar-refractivity contribution in [1.29, 1.82) is 0 Å². The van der Waals surface area contributed by atoms with Crippen LogP contribution in [0.15, 0.2) is 27.8 Å². The molecule has 6 heteroatoms. The Balaban J connectivity index is 2.28. The number of nitrogens with two attached hydrogens (primary N) is 1. The predicted octanol–water partition coefficient (Wildman–Crippen LogP) is 2.07. The van der Waals surface area contributed by atoms with Gasteiger partial charge in [-0.2, -0.15) is 0 Å². The zero-order valence-corrected chi connectivity index (χ0v) is 13.5. The first kappa shape index (κ1) is 15.1. The molecule has 0 aliphatic carbocycles. The lowest BCUT2D eigenvalue weighted by Crippen LogP contribution is -2.42. The van der Waals surface area contributed by atoms with Gasteiger partial charge in [0.1, 0.15) is 0 Å². The van der Waals surface area contributed by atoms with Crippen molar-refractivity contribution in [3.05, 3.63) is 28.2 Å². The third kappa shape index (κ3) is 3.24. The second-order valence-electron chi connectivity index (χ2n) is 5.29. The molecule has 1 saturated heterocycles. The molecule has 1 aromatic rings. The highest BCUT2D eigenvalue weighted by Gasteiger charge is 2.23. The van der Waals surface area contributed by atoms with Gasteiger partial charge in [0.25, 0.3) is 0 Å². The van der Waals surface area contributed by atoms with E-state index in [9.17, 15) is 0 Å². The van der Waals surface area contributed by atoms with Gasteiger partial charge in [-0.25, -0.2) is 0 Å². The molecule has 5 nitrogen and oxygen atoms in total. The Morgan fingerprint density at radius 2 is 2.10 bits per heavy atom. The maximum absolute atomic E-state index is 8.93. The number of nitrogens with zero attached hydrogens (tertiary/aromatic N) is 3. The van der Waals surface area contributed by atoms with E-state index in [1.807, 2.05) is 18.2 Å². The summed E-state index contributed by atoms with van der Waals surface area (Å²) in [5.74, 6) is 0.146. The summed E-state index contributed by atoms with van der Waals surface area (Å²) in [5, 5.41) is 12.1. The monoisotopic (exact) mass is 340 g/mol. The SMILES string of the molecule is CN1CCC(N(C)c2cc(Br)ccc2/C(N)=N/O)CC1. The fraction of sp³-hybridized carbons (Fsp3) is 0.500. The number of anilines is 1. The fourth-order valence-corrected chi connectivity index (χ4v) is 3.00. The highest BCUT2D eigenvalue weighted by molar-refractivity contribution is 9.10. The summed E-state index contributed by atoms with van der Waals surface area (Å²) in [4.78, 5) is 4.58. The highest BCUT2D eigenvalue weighted by atomic mass is 79.9. The molecular formula is C14H21BrN4O. The number of oxime groups is 1. The lowest BCUT2D eigenvalue weighted by molar-refractivity contribution is 0.253. The summed E-state index contributed by atoms with van der Waals surface area (Å²) in [6, 6.07) is 6.27. The van der Waals surface area contributed by atoms with Gasteiger partial charge in [-0.15, -0.1) is 0 Å². The Kier molecular flexibility index (Phi) is 4.88. The van der Waals surface area contributed by atoms with Gasteiger partial charge in [-0.3, -0.25) is 0 Å². The van der Waals surface area contributed by atoms with E-state index in [1.54, 1.807) is 0 Å². The molecule has 0 radical (unpaired) electrons. The molecular weight excluding hydrogens is 320 g/mol. The van der Waals surface area contributed by atoms with Gasteiger partial charge in [-0.1, -0.05) is 21.1 Å². The molecule has 0 saturated carbocycles. The van der Waals surface area contributed by atoms with Crippen molar-refractivity contribution in [1.82, 2.24) is 4.90 Å². The molecule has 1 aromatic carbocycles. The topological polar surface area (TPSA) is 65.1 Å². The summed E-state index contributed by atoms with van der Waals surface area (Å²) in [5.41, 5.74) is 7.54. The average Bonchev–Trinajstić information content (AvgIpc) is 2.46. The van der Waals surface area contributed by atoms with Gasteiger partial charge in [0.2, 0.25) is 0 Å². The highest BCUT2D eigenvalue weighted by Crippen LogP contribution is 2.28. The van der Waals surface area contributed by atoms with Crippen molar-refractivity contribution in [2.75, 3.05) is 32.1 Å². The first-order chi connectivity index (χ1) is 9.52. The second-order valence-corrected chi connectivity index (χ2v) is 6.21. The van der Waals surface area contributed by atoms with Crippen LogP contribution in [-0.4, -0.2) is 49.2 Å². The fourth-order valence-electron chi connectivity index (χ4n) is 2.65. The lowest BCUT2D eigenvalue weighted by Gasteiger charge is -2.37. The minimum absolute atomic E-state index is 0.146. The van der Waals surface area contributed by atoms with Crippen molar-refractivity contribution in [3.8, 4) is 0 Å². The number of hydrogen-bond donors (Lipinski definition) is 2. The summed E-state index contributed by atoms with van der Waals surface area (Å²) in [6.45, 7) is 2.20. The quantitative estimate of drug-likeness (QED) is 0.382. The average molecular weight is 341 g/mol. The summed E-state index contributed by atoms with van der Waals surface area (Å²) >= 11 is 3.49. The standard InChI is InChI=1S/C14H21BrN4O/c1-18-7-5-11(6-8-18)19(2)13-9-10(15)3-4-12(13)14(16)17-20/h3-4,9,11,20H,5-8H2,1-2H3,(H2,16,17). The molecule has 0 unspecified atom stereocenters. The van der Waals surface area contributed by atoms with Crippen molar-refractivity contribution < 1.29 is 5.21 Å². The molecule has 0 aromatic heterocycles. The summed E-state index contributed by atoms with van der Waals surface area (Å²) in [7, 11) is 4.23. The van der Waals surface area contributed by atoms with E-state index >= 15 is 0 Å². The normalized spacial score (nSPS) is 18.2. The lowest BCUT2D eigenvalue weighted by atomic mass is 10.0. The van der Waals surface area contributed by atoms with Crippen molar-refractivity contribution in [3.63, 3.8) is 0 Å². The van der Waals surface area contributed by atoms with Gasteiger partial charge in [0.05, 0.1) is 0 Å². The zero-order valence-electron chi connectivity index (χ0n) is 11.9. The zero-order chi connectivity index (χ0) is 14.7. The number of halogens is 1. The van der Waals surface area contributed by atoms with Crippen LogP contribution in [-0.2, 0) is 0 Å². The summed E-state index contributed by atoms with van der Waals surface area (Å²) in [6.07, 6.45) is 2.24. The van der Waals surface area contributed by atoms with Crippen molar-refractivity contribution >= 4 is 27.5 Å². The smallest absolute Gasteiger partial charge is 0.172 e. The van der Waals surface area contributed by atoms with Crippen LogP contribution in [0.3, 0.4) is 0 Å². The molecule has 1 aliphatic rings. The molecule has 1 aliphatic heterocycles. The van der Waals surface area contributed by atoms with Gasteiger partial charge in [-0.05, 0) is 51.2 Å². The van der Waals surface area contributed by atoms with Gasteiger partial charge >= 0.3 is 0 Å². The van der Waals surface area contributed by atoms with Crippen LogP contribution < -0.4 is 10.6 Å². The van der Waals surface area contributed by atoms with E-state index in [-0.39, 0.29) is 5.84 Å². The van der Waals surface area contributed by atoms with E-state index in [4.69, 9.17) is 10.9 Å². The second kappa shape index (κ2) is 6.45. The Morgan fingerprint density at radius 3 is 2.70 bits per heavy atom. The molecule has 0 amide bonds. The third-order valence-electron chi connectivity index (χ3n) is 3.96. The predicted molar refractivity (Wildman–Crippen MR) is 85.6 cm³/mol. The maximum Gasteiger partial charge on any atom is 0.172 e. The van der Waals surface area contributed by atoms with E-state index < -0.39 is 0 Å². The van der Waals surface area contributed by atoms with Crippen molar-refractivity contribution in [2.45, 2.75) is 18.9 Å². The third-order valence-corrected chi connectivity index (χ3v) is 4.45. The Morgan fingerprint density at radius 1 is 1.45 bits per heavy atom. The van der Waals surface area contributed by atoms with Crippen LogP contribution in [0.2, 0.25) is 0 Å². The molecule has 0 atom stereocenters. The molecule has 2 rings (SSSR count). The number of hydrogen-bond acceptors (Lipinski definition) is 4. The van der Waals surface area contributed by atoms with Crippen LogP contribution in [0.1, 0.15) is 18.4 Å². The molecule has 0 spiro atoms. The van der Waals surface area contributed by atoms with Crippen molar-refractivity contribution in [2.24, 2.45) is 10.9 Å². The Bertz CT molecular complexity index is 498. The molecule has 3 N–H and O–H groups in total. The van der Waals surface area contributed by atoms with E-state index in [0.717, 1.165) is 41.7 Å². The van der Waals surface area contributed by atoms with E-state index in [2.05, 4.69) is 45.0 Å². The van der Waals surface area contributed by atoms with Gasteiger partial charge in [0.15, 0.2) is 5.84 Å². The van der Waals surface area contributed by atoms with Crippen LogP contribution in [0.5, 0.6) is 0 Å². The first-order valence-corrected chi connectivity index (χ1v) is 7.51. The van der Waals surface area contributed by atoms with Gasteiger partial charge < -0.3 is 20.7 Å². The van der Waals surface area contributed by atoms with E-state index in [0.29, 0.717) is 6.04 Å². The van der Waals surface area contributed by atoms with Gasteiger partial charge in [0, 0.05) is 28.8 Å². The van der Waals surface area contributed by atoms with Crippen LogP contribution in [0.25, 0.3) is 0 Å². The number of rotatable bonds is 3. The van der Waals surface area contributed by atoms with Crippen LogP contribution >= 0.6 is 15.9 Å². The first-order valence-electron chi connectivity index (χ1n) is 6.71. The molecule has 1 fully saturated rings. The number of amidine groups is 1. The number of piperidine rings is 1. The molecule has 20 heavy (non-hydrogen) atoms. The Labute approximate surface area is 128 Å². The van der Waals surface area contributed by atoms with E-state index in [1.165, 1.54) is 0 Å². The summed E-state index contributed by atoms with van der Waals surface area (Å²) < 4.78 is 0.988. The van der Waals surface area contributed by atoms with Crippen LogP contribution in [0, 0.1) is 0 Å². The minimum Gasteiger partial charge on any atom is -0.409 e. The van der Waals surface area contributed by atoms with Crippen LogP contribution in [0.4, 0.5) is 5.69 Å².